The van der Waals surface area contributed by atoms with Crippen LogP contribution in [0.2, 0.25) is 0 Å². The Morgan fingerprint density at radius 3 is 2.31 bits per heavy atom. The highest BCUT2D eigenvalue weighted by Gasteiger charge is 2.41. The summed E-state index contributed by atoms with van der Waals surface area (Å²) >= 11 is 0. The van der Waals surface area contributed by atoms with Gasteiger partial charge < -0.3 is 0 Å². The van der Waals surface area contributed by atoms with E-state index in [2.05, 4.69) is 6.92 Å². The second-order valence-corrected chi connectivity index (χ2v) is 5.02. The van der Waals surface area contributed by atoms with Gasteiger partial charge in [0, 0.05) is 6.54 Å². The minimum absolute atomic E-state index is 0.0180. The minimum Gasteiger partial charge on any atom is -0.269 e. The maximum atomic E-state index is 11.4. The van der Waals surface area contributed by atoms with Crippen LogP contribution in [0.1, 0.15) is 39.0 Å². The zero-order valence-corrected chi connectivity index (χ0v) is 9.41. The molecule has 0 aromatic carbocycles. The minimum atomic E-state index is -0.801. The monoisotopic (exact) mass is 224 g/mol. The van der Waals surface area contributed by atoms with Crippen LogP contribution in [0.3, 0.4) is 0 Å². The number of rotatable bonds is 2. The number of amides is 4. The zero-order valence-electron chi connectivity index (χ0n) is 9.41. The third kappa shape index (κ3) is 1.94. The second kappa shape index (κ2) is 3.88. The first-order valence-electron chi connectivity index (χ1n) is 5.69. The molecule has 2 rings (SSSR count). The first-order valence-corrected chi connectivity index (χ1v) is 5.69. The molecule has 88 valence electrons. The fourth-order valence-corrected chi connectivity index (χ4v) is 2.52. The van der Waals surface area contributed by atoms with Crippen LogP contribution < -0.4 is 5.32 Å². The molecule has 1 aliphatic heterocycles. The van der Waals surface area contributed by atoms with Crippen molar-refractivity contribution in [3.63, 3.8) is 0 Å². The second-order valence-electron chi connectivity index (χ2n) is 5.02. The molecule has 0 spiro atoms. The number of urea groups is 1. The van der Waals surface area contributed by atoms with E-state index in [0.717, 1.165) is 30.6 Å². The van der Waals surface area contributed by atoms with E-state index in [4.69, 9.17) is 0 Å². The summed E-state index contributed by atoms with van der Waals surface area (Å²) in [6.45, 7) is 2.44. The lowest BCUT2D eigenvalue weighted by Gasteiger charge is -2.35. The molecule has 1 heterocycles. The van der Waals surface area contributed by atoms with Gasteiger partial charge in [-0.15, -0.1) is 0 Å². The van der Waals surface area contributed by atoms with Crippen molar-refractivity contribution in [3.8, 4) is 0 Å². The molecule has 16 heavy (non-hydrogen) atoms. The van der Waals surface area contributed by atoms with E-state index in [1.807, 2.05) is 5.32 Å². The van der Waals surface area contributed by atoms with Gasteiger partial charge in [-0.05, 0) is 18.3 Å². The van der Waals surface area contributed by atoms with Gasteiger partial charge in [-0.25, -0.2) is 4.79 Å². The van der Waals surface area contributed by atoms with Gasteiger partial charge in [-0.1, -0.05) is 26.2 Å². The van der Waals surface area contributed by atoms with Gasteiger partial charge in [0.25, 0.3) is 0 Å². The van der Waals surface area contributed by atoms with Crippen molar-refractivity contribution in [2.24, 2.45) is 5.41 Å². The molecule has 2 aliphatic rings. The summed E-state index contributed by atoms with van der Waals surface area (Å²) in [6, 6.07) is -0.568. The molecule has 1 saturated carbocycles. The molecule has 0 unspecified atom stereocenters. The Morgan fingerprint density at radius 2 is 1.81 bits per heavy atom. The standard InChI is InChI=1S/C11H16N2O3/c1-11(5-3-2-4-6-11)7-13-9(15)8(14)12-10(13)16/h2-7H2,1H3,(H,12,14,16). The Kier molecular flexibility index (Phi) is 2.69. The van der Waals surface area contributed by atoms with Gasteiger partial charge >= 0.3 is 17.8 Å². The first kappa shape index (κ1) is 11.1. The van der Waals surface area contributed by atoms with Crippen LogP contribution in [-0.4, -0.2) is 29.3 Å². The van der Waals surface area contributed by atoms with Gasteiger partial charge in [0.05, 0.1) is 0 Å². The van der Waals surface area contributed by atoms with E-state index in [0.29, 0.717) is 6.54 Å². The SMILES string of the molecule is CC1(CN2C(=O)NC(=O)C2=O)CCCCC1. The summed E-state index contributed by atoms with van der Waals surface area (Å²) < 4.78 is 0. The Balaban J connectivity index is 2.06. The highest BCUT2D eigenvalue weighted by Crippen LogP contribution is 2.36. The van der Waals surface area contributed by atoms with Gasteiger partial charge in [0.1, 0.15) is 0 Å². The van der Waals surface area contributed by atoms with Crippen LogP contribution in [0, 0.1) is 5.41 Å². The van der Waals surface area contributed by atoms with E-state index in [9.17, 15) is 14.4 Å². The molecule has 0 radical (unpaired) electrons. The lowest BCUT2D eigenvalue weighted by molar-refractivity contribution is -0.140. The van der Waals surface area contributed by atoms with Crippen LogP contribution in [0.5, 0.6) is 0 Å². The highest BCUT2D eigenvalue weighted by atomic mass is 16.2. The summed E-state index contributed by atoms with van der Waals surface area (Å²) in [5.41, 5.74) is -0.0180. The average molecular weight is 224 g/mol. The first-order chi connectivity index (χ1) is 7.52. The molecule has 4 amide bonds. The molecule has 5 heteroatoms. The van der Waals surface area contributed by atoms with Crippen LogP contribution in [0.15, 0.2) is 0 Å². The maximum absolute atomic E-state index is 11.4. The molecule has 0 aromatic rings. The van der Waals surface area contributed by atoms with Crippen molar-refractivity contribution in [1.29, 1.82) is 0 Å². The highest BCUT2D eigenvalue weighted by molar-refractivity contribution is 6.44. The molecule has 1 aliphatic carbocycles. The largest absolute Gasteiger partial charge is 0.331 e. The molecule has 0 aromatic heterocycles. The van der Waals surface area contributed by atoms with Crippen LogP contribution in [-0.2, 0) is 9.59 Å². The number of nitrogens with one attached hydrogen (secondary N) is 1. The van der Waals surface area contributed by atoms with E-state index in [1.54, 1.807) is 0 Å². The predicted molar refractivity (Wildman–Crippen MR) is 56.4 cm³/mol. The van der Waals surface area contributed by atoms with Crippen molar-refractivity contribution in [2.45, 2.75) is 39.0 Å². The molecule has 1 N–H and O–H groups in total. The van der Waals surface area contributed by atoms with Crippen molar-refractivity contribution < 1.29 is 14.4 Å². The number of hydrogen-bond donors (Lipinski definition) is 1. The summed E-state index contributed by atoms with van der Waals surface area (Å²) in [5, 5.41) is 2.02. The summed E-state index contributed by atoms with van der Waals surface area (Å²) in [4.78, 5) is 34.9. The van der Waals surface area contributed by atoms with Gasteiger partial charge in [0.2, 0.25) is 0 Å². The number of nitrogens with zero attached hydrogens (tertiary/aromatic N) is 1. The molecule has 0 atom stereocenters. The summed E-state index contributed by atoms with van der Waals surface area (Å²) in [5.74, 6) is -1.51. The molecule has 0 bridgehead atoms. The Labute approximate surface area is 94.2 Å². The number of carbonyl (C=O) groups is 3. The fourth-order valence-electron chi connectivity index (χ4n) is 2.52. The smallest absolute Gasteiger partial charge is 0.269 e. The topological polar surface area (TPSA) is 66.5 Å². The molecular weight excluding hydrogens is 208 g/mol. The van der Waals surface area contributed by atoms with E-state index < -0.39 is 17.8 Å². The van der Waals surface area contributed by atoms with Gasteiger partial charge in [-0.2, -0.15) is 0 Å². The van der Waals surface area contributed by atoms with Gasteiger partial charge in [-0.3, -0.25) is 19.8 Å². The molecule has 1 saturated heterocycles. The zero-order chi connectivity index (χ0) is 11.8. The molecular formula is C11H16N2O3. The fraction of sp³-hybridized carbons (Fsp3) is 0.727. The molecule has 2 fully saturated rings. The summed E-state index contributed by atoms with van der Waals surface area (Å²) in [6.07, 6.45) is 5.51. The van der Waals surface area contributed by atoms with Crippen molar-refractivity contribution >= 4 is 17.8 Å². The quantitative estimate of drug-likeness (QED) is 0.563. The number of hydrogen-bond acceptors (Lipinski definition) is 3. The molecule has 5 nitrogen and oxygen atoms in total. The Bertz CT molecular complexity index is 345. The lowest BCUT2D eigenvalue weighted by atomic mass is 9.75. The maximum Gasteiger partial charge on any atom is 0.331 e. The summed E-state index contributed by atoms with van der Waals surface area (Å²) in [7, 11) is 0. The normalized spacial score (nSPS) is 24.8. The Morgan fingerprint density at radius 1 is 1.19 bits per heavy atom. The third-order valence-corrected chi connectivity index (χ3v) is 3.51. The third-order valence-electron chi connectivity index (χ3n) is 3.51. The van der Waals surface area contributed by atoms with Crippen LogP contribution in [0.25, 0.3) is 0 Å². The van der Waals surface area contributed by atoms with Crippen molar-refractivity contribution in [3.05, 3.63) is 0 Å². The van der Waals surface area contributed by atoms with Crippen LogP contribution in [0.4, 0.5) is 4.79 Å². The Hall–Kier alpha value is -1.39. The van der Waals surface area contributed by atoms with Crippen molar-refractivity contribution in [2.75, 3.05) is 6.54 Å². The van der Waals surface area contributed by atoms with Gasteiger partial charge in [0.15, 0.2) is 0 Å². The lowest BCUT2D eigenvalue weighted by Crippen LogP contribution is -2.41. The van der Waals surface area contributed by atoms with E-state index >= 15 is 0 Å². The number of imide groups is 2. The average Bonchev–Trinajstić information content (AvgIpc) is 2.46. The van der Waals surface area contributed by atoms with Crippen LogP contribution >= 0.6 is 0 Å². The van der Waals surface area contributed by atoms with E-state index in [-0.39, 0.29) is 5.41 Å². The number of carbonyl (C=O) groups excluding carboxylic acids is 3. The predicted octanol–water partition coefficient (Wildman–Crippen LogP) is 1.04. The van der Waals surface area contributed by atoms with E-state index in [1.165, 1.54) is 6.42 Å². The van der Waals surface area contributed by atoms with Crippen molar-refractivity contribution in [1.82, 2.24) is 10.2 Å².